The summed E-state index contributed by atoms with van der Waals surface area (Å²) in [5.74, 6) is 0.979. The Hall–Kier alpha value is -2.52. The number of anilines is 2. The van der Waals surface area contributed by atoms with Crippen molar-refractivity contribution in [3.63, 3.8) is 0 Å². The molecule has 9 heteroatoms. The van der Waals surface area contributed by atoms with E-state index in [1.807, 2.05) is 29.1 Å². The average Bonchev–Trinajstić information content (AvgIpc) is 3.06. The summed E-state index contributed by atoms with van der Waals surface area (Å²) < 4.78 is 7.94. The monoisotopic (exact) mass is 460 g/mol. The summed E-state index contributed by atoms with van der Waals surface area (Å²) in [5, 5.41) is 11.5. The molecular weight excluding hydrogens is 436 g/mol. The van der Waals surface area contributed by atoms with Gasteiger partial charge in [-0.05, 0) is 29.7 Å². The maximum atomic E-state index is 11.0. The van der Waals surface area contributed by atoms with Gasteiger partial charge in [-0.3, -0.25) is 9.48 Å². The third-order valence-corrected chi connectivity index (χ3v) is 4.78. The summed E-state index contributed by atoms with van der Waals surface area (Å²) in [5.41, 5.74) is 3.19. The van der Waals surface area contributed by atoms with Gasteiger partial charge in [-0.25, -0.2) is 4.98 Å². The second kappa shape index (κ2) is 9.80. The molecule has 3 rings (SSSR count). The number of amides is 1. The van der Waals surface area contributed by atoms with Crippen molar-refractivity contribution in [1.82, 2.24) is 19.7 Å². The fraction of sp³-hybridized carbons (Fsp3) is 0.400. The van der Waals surface area contributed by atoms with Crippen molar-refractivity contribution in [2.24, 2.45) is 5.92 Å². The minimum Gasteiger partial charge on any atom is -0.383 e. The van der Waals surface area contributed by atoms with E-state index in [4.69, 9.17) is 9.72 Å². The highest BCUT2D eigenvalue weighted by Gasteiger charge is 2.15. The molecule has 0 atom stereocenters. The predicted molar refractivity (Wildman–Crippen MR) is 117 cm³/mol. The molecule has 0 aliphatic heterocycles. The molecule has 0 unspecified atom stereocenters. The molecule has 0 saturated heterocycles. The first-order valence-corrected chi connectivity index (χ1v) is 10.2. The van der Waals surface area contributed by atoms with Crippen molar-refractivity contribution in [3.05, 3.63) is 40.1 Å². The molecule has 154 valence electrons. The SMILES string of the molecule is COCCNc1nc(Cc2cc(Br)ccc2NC=O)c2cn(CC(C)C)nc2n1. The van der Waals surface area contributed by atoms with Crippen LogP contribution in [0.25, 0.3) is 11.0 Å². The fourth-order valence-corrected chi connectivity index (χ4v) is 3.46. The number of nitrogens with one attached hydrogen (secondary N) is 2. The van der Waals surface area contributed by atoms with Crippen LogP contribution in [-0.2, 0) is 22.5 Å². The summed E-state index contributed by atoms with van der Waals surface area (Å²) in [6.45, 7) is 6.25. The number of hydrogen-bond acceptors (Lipinski definition) is 6. The summed E-state index contributed by atoms with van der Waals surface area (Å²) >= 11 is 3.51. The number of rotatable bonds is 10. The molecule has 0 spiro atoms. The highest BCUT2D eigenvalue weighted by atomic mass is 79.9. The second-order valence-electron chi connectivity index (χ2n) is 7.14. The normalized spacial score (nSPS) is 11.2. The number of aromatic nitrogens is 4. The van der Waals surface area contributed by atoms with E-state index in [-0.39, 0.29) is 0 Å². The molecule has 3 aromatic rings. The second-order valence-corrected chi connectivity index (χ2v) is 8.05. The van der Waals surface area contributed by atoms with Crippen molar-refractivity contribution >= 4 is 45.0 Å². The largest absolute Gasteiger partial charge is 0.383 e. The van der Waals surface area contributed by atoms with E-state index < -0.39 is 0 Å². The Kier molecular flexibility index (Phi) is 7.16. The molecule has 2 heterocycles. The van der Waals surface area contributed by atoms with E-state index in [0.29, 0.717) is 43.5 Å². The summed E-state index contributed by atoms with van der Waals surface area (Å²) in [4.78, 5) is 20.3. The van der Waals surface area contributed by atoms with Crippen LogP contribution in [0.4, 0.5) is 11.6 Å². The van der Waals surface area contributed by atoms with Crippen LogP contribution >= 0.6 is 15.9 Å². The number of carbonyl (C=O) groups excluding carboxylic acids is 1. The van der Waals surface area contributed by atoms with Crippen molar-refractivity contribution in [1.29, 1.82) is 0 Å². The molecule has 0 aliphatic carbocycles. The lowest BCUT2D eigenvalue weighted by Crippen LogP contribution is -2.11. The quantitative estimate of drug-likeness (QED) is 0.355. The Balaban J connectivity index is 2.02. The van der Waals surface area contributed by atoms with Crippen molar-refractivity contribution < 1.29 is 9.53 Å². The van der Waals surface area contributed by atoms with Crippen molar-refractivity contribution in [2.45, 2.75) is 26.8 Å². The standard InChI is InChI=1S/C20H25BrN6O2/c1-13(2)10-27-11-16-18(9-14-8-15(21)4-5-17(14)23-12-28)24-20(22-6-7-29-3)25-19(16)26-27/h4-5,8,11-13H,6-7,9-10H2,1-3H3,(H,23,28)(H,22,25,26). The first-order valence-electron chi connectivity index (χ1n) is 9.45. The number of nitrogens with zero attached hydrogens (tertiary/aromatic N) is 4. The lowest BCUT2D eigenvalue weighted by Gasteiger charge is -2.11. The van der Waals surface area contributed by atoms with Gasteiger partial charge in [0.05, 0.1) is 17.7 Å². The van der Waals surface area contributed by atoms with Gasteiger partial charge in [0.25, 0.3) is 0 Å². The number of carbonyl (C=O) groups is 1. The Bertz CT molecular complexity index is 989. The van der Waals surface area contributed by atoms with Crippen LogP contribution in [0.1, 0.15) is 25.1 Å². The van der Waals surface area contributed by atoms with Crippen molar-refractivity contribution in [2.75, 3.05) is 30.9 Å². The number of methoxy groups -OCH3 is 1. The van der Waals surface area contributed by atoms with Gasteiger partial charge in [0, 0.05) is 43.0 Å². The smallest absolute Gasteiger partial charge is 0.225 e. The third kappa shape index (κ3) is 5.51. The fourth-order valence-electron chi connectivity index (χ4n) is 3.05. The van der Waals surface area contributed by atoms with Crippen LogP contribution in [-0.4, -0.2) is 46.4 Å². The highest BCUT2D eigenvalue weighted by Crippen LogP contribution is 2.26. The van der Waals surface area contributed by atoms with Gasteiger partial charge >= 0.3 is 0 Å². The van der Waals surface area contributed by atoms with Gasteiger partial charge in [0.2, 0.25) is 12.4 Å². The minimum absolute atomic E-state index is 0.466. The first-order chi connectivity index (χ1) is 14.0. The molecule has 8 nitrogen and oxygen atoms in total. The van der Waals surface area contributed by atoms with Gasteiger partial charge < -0.3 is 15.4 Å². The number of hydrogen-bond donors (Lipinski definition) is 2. The van der Waals surface area contributed by atoms with E-state index in [9.17, 15) is 4.79 Å². The summed E-state index contributed by atoms with van der Waals surface area (Å²) in [6, 6.07) is 5.74. The van der Waals surface area contributed by atoms with E-state index in [1.54, 1.807) is 7.11 Å². The molecule has 0 aliphatic rings. The van der Waals surface area contributed by atoms with Gasteiger partial charge in [-0.1, -0.05) is 29.8 Å². The predicted octanol–water partition coefficient (Wildman–Crippen LogP) is 3.46. The maximum Gasteiger partial charge on any atom is 0.225 e. The Morgan fingerprint density at radius 3 is 2.86 bits per heavy atom. The number of benzene rings is 1. The van der Waals surface area contributed by atoms with Gasteiger partial charge in [0.1, 0.15) is 0 Å². The lowest BCUT2D eigenvalue weighted by atomic mass is 10.1. The van der Waals surface area contributed by atoms with Crippen LogP contribution in [0, 0.1) is 5.92 Å². The van der Waals surface area contributed by atoms with Crippen LogP contribution in [0.5, 0.6) is 0 Å². The molecule has 0 bridgehead atoms. The van der Waals surface area contributed by atoms with Gasteiger partial charge in [0.15, 0.2) is 5.65 Å². The molecule has 0 radical (unpaired) electrons. The van der Waals surface area contributed by atoms with Gasteiger partial charge in [-0.15, -0.1) is 0 Å². The van der Waals surface area contributed by atoms with Crippen LogP contribution in [0.2, 0.25) is 0 Å². The van der Waals surface area contributed by atoms with Crippen molar-refractivity contribution in [3.8, 4) is 0 Å². The van der Waals surface area contributed by atoms with Gasteiger partial charge in [-0.2, -0.15) is 10.1 Å². The molecule has 2 aromatic heterocycles. The minimum atomic E-state index is 0.466. The Morgan fingerprint density at radius 1 is 1.31 bits per heavy atom. The molecule has 29 heavy (non-hydrogen) atoms. The zero-order valence-corrected chi connectivity index (χ0v) is 18.4. The number of halogens is 1. The zero-order valence-electron chi connectivity index (χ0n) is 16.8. The lowest BCUT2D eigenvalue weighted by molar-refractivity contribution is -0.105. The number of fused-ring (bicyclic) bond motifs is 1. The average molecular weight is 461 g/mol. The molecule has 0 fully saturated rings. The highest BCUT2D eigenvalue weighted by molar-refractivity contribution is 9.10. The first kappa shape index (κ1) is 21.2. The molecule has 2 N–H and O–H groups in total. The maximum absolute atomic E-state index is 11.0. The third-order valence-electron chi connectivity index (χ3n) is 4.29. The molecule has 0 saturated carbocycles. The van der Waals surface area contributed by atoms with E-state index >= 15 is 0 Å². The Morgan fingerprint density at radius 2 is 2.14 bits per heavy atom. The summed E-state index contributed by atoms with van der Waals surface area (Å²) in [7, 11) is 1.65. The van der Waals surface area contributed by atoms with Crippen LogP contribution in [0.15, 0.2) is 28.9 Å². The Labute approximate surface area is 178 Å². The van der Waals surface area contributed by atoms with Crippen LogP contribution in [0.3, 0.4) is 0 Å². The number of ether oxygens (including phenoxy) is 1. The topological polar surface area (TPSA) is 94.0 Å². The van der Waals surface area contributed by atoms with E-state index in [1.165, 1.54) is 0 Å². The molecular formula is C20H25BrN6O2. The molecule has 1 amide bonds. The van der Waals surface area contributed by atoms with E-state index in [2.05, 4.69) is 50.5 Å². The van der Waals surface area contributed by atoms with Crippen LogP contribution < -0.4 is 10.6 Å². The van der Waals surface area contributed by atoms with E-state index in [0.717, 1.165) is 33.3 Å². The zero-order chi connectivity index (χ0) is 20.8. The molecule has 1 aromatic carbocycles. The summed E-state index contributed by atoms with van der Waals surface area (Å²) in [6.07, 6.45) is 3.20.